The predicted octanol–water partition coefficient (Wildman–Crippen LogP) is -0.492. The Kier molecular flexibility index (Phi) is 7.57. The summed E-state index contributed by atoms with van der Waals surface area (Å²) >= 11 is 0. The van der Waals surface area contributed by atoms with E-state index in [0.717, 1.165) is 18.7 Å². The van der Waals surface area contributed by atoms with Gasteiger partial charge in [0, 0.05) is 45.9 Å². The molecular weight excluding hydrogens is 464 g/mol. The molecule has 36 heavy (non-hydrogen) atoms. The van der Waals surface area contributed by atoms with Gasteiger partial charge in [-0.1, -0.05) is 30.3 Å². The summed E-state index contributed by atoms with van der Waals surface area (Å²) in [5, 5.41) is 15.4. The number of aliphatic hydroxyl groups excluding tert-OH is 1. The maximum Gasteiger partial charge on any atom is 0.245 e. The minimum atomic E-state index is -1.00. The smallest absolute Gasteiger partial charge is 0.245 e. The summed E-state index contributed by atoms with van der Waals surface area (Å²) < 4.78 is 11.8. The van der Waals surface area contributed by atoms with Crippen molar-refractivity contribution in [3.63, 3.8) is 0 Å². The molecular formula is C26H36N4O6. The number of benzene rings is 1. The van der Waals surface area contributed by atoms with Gasteiger partial charge in [-0.3, -0.25) is 19.3 Å². The minimum Gasteiger partial charge on any atom is -0.396 e. The van der Waals surface area contributed by atoms with Gasteiger partial charge in [-0.2, -0.15) is 0 Å². The van der Waals surface area contributed by atoms with Crippen LogP contribution in [0.25, 0.3) is 0 Å². The maximum atomic E-state index is 13.7. The average Bonchev–Trinajstić information content (AvgIpc) is 3.54. The van der Waals surface area contributed by atoms with E-state index in [9.17, 15) is 19.5 Å². The van der Waals surface area contributed by atoms with Gasteiger partial charge < -0.3 is 30.1 Å². The monoisotopic (exact) mass is 500 g/mol. The second kappa shape index (κ2) is 10.8. The number of rotatable bonds is 10. The van der Waals surface area contributed by atoms with E-state index in [1.807, 2.05) is 30.3 Å². The Labute approximate surface area is 211 Å². The van der Waals surface area contributed by atoms with Crippen molar-refractivity contribution in [2.45, 2.75) is 43.6 Å². The Morgan fingerprint density at radius 3 is 2.61 bits per heavy atom. The number of nitrogens with zero attached hydrogens (tertiary/aromatic N) is 2. The van der Waals surface area contributed by atoms with E-state index in [2.05, 4.69) is 15.5 Å². The molecule has 3 N–H and O–H groups in total. The highest BCUT2D eigenvalue weighted by Crippen LogP contribution is 2.58. The van der Waals surface area contributed by atoms with E-state index < -0.39 is 23.5 Å². The standard InChI is InChI=1S/C26H36N4O6/c31-14-4-10-30-22(24(33)27-9-11-29-12-15-35-16-13-29)26-8-7-19(36-26)20(21(26)25(30)34)23(32)28-17-18-5-2-1-3-6-18/h1-3,5-6,19-22,31H,4,7-17H2,(H,27,33)(H,28,32)/t19-,20+,21+,22?,26?/m1/s1. The van der Waals surface area contributed by atoms with Crippen LogP contribution in [0.5, 0.6) is 0 Å². The molecule has 10 nitrogen and oxygen atoms in total. The molecule has 1 spiro atoms. The first-order valence-corrected chi connectivity index (χ1v) is 13.0. The van der Waals surface area contributed by atoms with E-state index in [4.69, 9.17) is 9.47 Å². The van der Waals surface area contributed by atoms with Crippen molar-refractivity contribution in [1.29, 1.82) is 0 Å². The number of hydrogen-bond acceptors (Lipinski definition) is 7. The topological polar surface area (TPSA) is 120 Å². The molecule has 0 aliphatic carbocycles. The SMILES string of the molecule is O=C(NCCN1CCOCC1)C1N(CCCO)C(=O)[C@@H]2[C@@H](C(=O)NCc3ccccc3)[C@H]3CCC12O3. The second-order valence-corrected chi connectivity index (χ2v) is 10.1. The van der Waals surface area contributed by atoms with Gasteiger partial charge >= 0.3 is 0 Å². The van der Waals surface area contributed by atoms with Crippen LogP contribution in [0.4, 0.5) is 0 Å². The van der Waals surface area contributed by atoms with Crippen molar-refractivity contribution in [1.82, 2.24) is 20.4 Å². The molecule has 1 aromatic rings. The molecule has 4 aliphatic rings. The third kappa shape index (κ3) is 4.63. The van der Waals surface area contributed by atoms with Crippen LogP contribution in [0, 0.1) is 11.8 Å². The molecule has 0 saturated carbocycles. The van der Waals surface area contributed by atoms with Crippen molar-refractivity contribution in [3.8, 4) is 0 Å². The molecule has 3 amide bonds. The third-order valence-corrected chi connectivity index (χ3v) is 8.05. The zero-order valence-electron chi connectivity index (χ0n) is 20.6. The molecule has 4 aliphatic heterocycles. The van der Waals surface area contributed by atoms with Crippen LogP contribution in [0.2, 0.25) is 0 Å². The lowest BCUT2D eigenvalue weighted by molar-refractivity contribution is -0.142. The van der Waals surface area contributed by atoms with E-state index in [1.54, 1.807) is 4.90 Å². The Morgan fingerprint density at radius 2 is 1.86 bits per heavy atom. The van der Waals surface area contributed by atoms with Crippen LogP contribution in [-0.2, 0) is 30.4 Å². The first-order chi connectivity index (χ1) is 17.5. The van der Waals surface area contributed by atoms with Gasteiger partial charge in [0.2, 0.25) is 17.7 Å². The van der Waals surface area contributed by atoms with Gasteiger partial charge in [-0.15, -0.1) is 0 Å². The van der Waals surface area contributed by atoms with Crippen molar-refractivity contribution in [3.05, 3.63) is 35.9 Å². The fraction of sp³-hybridized carbons (Fsp3) is 0.654. The van der Waals surface area contributed by atoms with Crippen LogP contribution in [-0.4, -0.2) is 103 Å². The van der Waals surface area contributed by atoms with Crippen LogP contribution in [0.3, 0.4) is 0 Å². The summed E-state index contributed by atoms with van der Waals surface area (Å²) in [5.41, 5.74) is -0.0286. The molecule has 2 unspecified atom stereocenters. The van der Waals surface area contributed by atoms with Crippen LogP contribution < -0.4 is 10.6 Å². The molecule has 196 valence electrons. The Bertz CT molecular complexity index is 955. The predicted molar refractivity (Wildman–Crippen MR) is 130 cm³/mol. The van der Waals surface area contributed by atoms with Crippen LogP contribution >= 0.6 is 0 Å². The van der Waals surface area contributed by atoms with E-state index in [1.165, 1.54) is 0 Å². The minimum absolute atomic E-state index is 0.0860. The number of ether oxygens (including phenoxy) is 2. The van der Waals surface area contributed by atoms with Crippen LogP contribution in [0.15, 0.2) is 30.3 Å². The van der Waals surface area contributed by atoms with Gasteiger partial charge in [0.1, 0.15) is 11.6 Å². The second-order valence-electron chi connectivity index (χ2n) is 10.1. The highest BCUT2D eigenvalue weighted by atomic mass is 16.5. The highest BCUT2D eigenvalue weighted by Gasteiger charge is 2.74. The fourth-order valence-electron chi connectivity index (χ4n) is 6.40. The van der Waals surface area contributed by atoms with Gasteiger partial charge in [-0.05, 0) is 24.8 Å². The number of aliphatic hydroxyl groups is 1. The summed E-state index contributed by atoms with van der Waals surface area (Å²) in [5.74, 6) is -2.00. The Hall–Kier alpha value is -2.53. The number of likely N-dealkylation sites (tertiary alicyclic amines) is 1. The van der Waals surface area contributed by atoms with E-state index >= 15 is 0 Å². The molecule has 0 radical (unpaired) electrons. The van der Waals surface area contributed by atoms with Crippen LogP contribution in [0.1, 0.15) is 24.8 Å². The van der Waals surface area contributed by atoms with E-state index in [0.29, 0.717) is 52.1 Å². The van der Waals surface area contributed by atoms with Gasteiger partial charge in [0.15, 0.2) is 0 Å². The summed E-state index contributed by atoms with van der Waals surface area (Å²) in [6.07, 6.45) is 1.19. The summed E-state index contributed by atoms with van der Waals surface area (Å²) in [4.78, 5) is 44.3. The zero-order chi connectivity index (χ0) is 25.1. The normalized spacial score (nSPS) is 31.5. The van der Waals surface area contributed by atoms with Crippen molar-refractivity contribution >= 4 is 17.7 Å². The summed E-state index contributed by atoms with van der Waals surface area (Å²) in [6.45, 7) is 4.74. The van der Waals surface area contributed by atoms with Crippen molar-refractivity contribution in [2.75, 3.05) is 52.5 Å². The van der Waals surface area contributed by atoms with Gasteiger partial charge in [-0.25, -0.2) is 0 Å². The molecule has 0 aromatic heterocycles. The molecule has 10 heteroatoms. The van der Waals surface area contributed by atoms with E-state index in [-0.39, 0.29) is 37.0 Å². The maximum absolute atomic E-state index is 13.7. The molecule has 4 saturated heterocycles. The molecule has 2 bridgehead atoms. The number of morpholine rings is 1. The number of fused-ring (bicyclic) bond motifs is 1. The summed E-state index contributed by atoms with van der Waals surface area (Å²) in [7, 11) is 0. The molecule has 5 atom stereocenters. The zero-order valence-corrected chi connectivity index (χ0v) is 20.6. The number of amides is 3. The average molecular weight is 501 g/mol. The lowest BCUT2D eigenvalue weighted by atomic mass is 9.70. The Morgan fingerprint density at radius 1 is 1.08 bits per heavy atom. The summed E-state index contributed by atoms with van der Waals surface area (Å²) in [6, 6.07) is 8.82. The number of carbonyl (C=O) groups excluding carboxylic acids is 3. The number of nitrogens with one attached hydrogen (secondary N) is 2. The molecule has 5 rings (SSSR count). The molecule has 4 heterocycles. The first-order valence-electron chi connectivity index (χ1n) is 13.0. The first kappa shape index (κ1) is 25.1. The fourth-order valence-corrected chi connectivity index (χ4v) is 6.40. The lowest BCUT2D eigenvalue weighted by Gasteiger charge is -2.34. The Balaban J connectivity index is 1.30. The lowest BCUT2D eigenvalue weighted by Crippen LogP contribution is -2.56. The number of hydrogen-bond donors (Lipinski definition) is 3. The highest BCUT2D eigenvalue weighted by molar-refractivity contribution is 5.98. The van der Waals surface area contributed by atoms with Gasteiger partial charge in [0.25, 0.3) is 0 Å². The quantitative estimate of drug-likeness (QED) is 0.397. The molecule has 1 aromatic carbocycles. The van der Waals surface area contributed by atoms with Crippen molar-refractivity contribution in [2.24, 2.45) is 11.8 Å². The third-order valence-electron chi connectivity index (χ3n) is 8.05. The van der Waals surface area contributed by atoms with Crippen molar-refractivity contribution < 1.29 is 29.0 Å². The number of carbonyl (C=O) groups is 3. The van der Waals surface area contributed by atoms with Gasteiger partial charge in [0.05, 0.1) is 31.2 Å². The molecule has 4 fully saturated rings. The largest absolute Gasteiger partial charge is 0.396 e.